The number of nitriles is 1. The van der Waals surface area contributed by atoms with Crippen molar-refractivity contribution in [2.45, 2.75) is 6.18 Å². The lowest BCUT2D eigenvalue weighted by Gasteiger charge is -2.15. The molecule has 0 saturated carbocycles. The summed E-state index contributed by atoms with van der Waals surface area (Å²) >= 11 is 6.01. The fourth-order valence-electron chi connectivity index (χ4n) is 2.19. The number of rotatable bonds is 4. The fourth-order valence-corrected chi connectivity index (χ4v) is 2.38. The SMILES string of the molecule is N#Cc1ccc(Nc2ncc(C(F)(F)F)c(Nc3ccccc3Cl)n2)cc1. The maximum absolute atomic E-state index is 13.3. The molecule has 0 radical (unpaired) electrons. The third-order valence-electron chi connectivity index (χ3n) is 3.49. The van der Waals surface area contributed by atoms with Crippen LogP contribution in [0.4, 0.5) is 36.3 Å². The summed E-state index contributed by atoms with van der Waals surface area (Å²) in [6, 6.07) is 14.7. The zero-order valence-corrected chi connectivity index (χ0v) is 14.3. The molecular weight excluding hydrogens is 379 g/mol. The van der Waals surface area contributed by atoms with Crippen LogP contribution in [0.2, 0.25) is 5.02 Å². The van der Waals surface area contributed by atoms with Gasteiger partial charge < -0.3 is 10.6 Å². The molecule has 0 atom stereocenters. The summed E-state index contributed by atoms with van der Waals surface area (Å²) in [6.45, 7) is 0. The first-order valence-electron chi connectivity index (χ1n) is 7.60. The zero-order valence-electron chi connectivity index (χ0n) is 13.5. The lowest BCUT2D eigenvalue weighted by molar-refractivity contribution is -0.137. The molecule has 9 heteroatoms. The Morgan fingerprint density at radius 1 is 1.00 bits per heavy atom. The van der Waals surface area contributed by atoms with Crippen LogP contribution in [0.1, 0.15) is 11.1 Å². The molecule has 2 N–H and O–H groups in total. The third-order valence-corrected chi connectivity index (χ3v) is 3.82. The first-order chi connectivity index (χ1) is 12.9. The first-order valence-corrected chi connectivity index (χ1v) is 7.97. The molecule has 5 nitrogen and oxygen atoms in total. The molecule has 0 unspecified atom stereocenters. The first kappa shape index (κ1) is 18.5. The van der Waals surface area contributed by atoms with E-state index in [2.05, 4.69) is 20.6 Å². The summed E-state index contributed by atoms with van der Waals surface area (Å²) in [5, 5.41) is 14.5. The fraction of sp³-hybridized carbons (Fsp3) is 0.0556. The normalized spacial score (nSPS) is 10.9. The van der Waals surface area contributed by atoms with Crippen molar-refractivity contribution in [3.8, 4) is 6.07 Å². The van der Waals surface area contributed by atoms with Crippen molar-refractivity contribution in [1.29, 1.82) is 5.26 Å². The van der Waals surface area contributed by atoms with Crippen LogP contribution in [0.25, 0.3) is 0 Å². The summed E-state index contributed by atoms with van der Waals surface area (Å²) in [4.78, 5) is 7.66. The number of nitrogens with zero attached hydrogens (tertiary/aromatic N) is 3. The van der Waals surface area contributed by atoms with Gasteiger partial charge in [0.1, 0.15) is 11.4 Å². The van der Waals surface area contributed by atoms with Crippen LogP contribution < -0.4 is 10.6 Å². The third kappa shape index (κ3) is 4.46. The van der Waals surface area contributed by atoms with Gasteiger partial charge in [0.15, 0.2) is 0 Å². The number of benzene rings is 2. The molecule has 136 valence electrons. The van der Waals surface area contributed by atoms with E-state index >= 15 is 0 Å². The van der Waals surface area contributed by atoms with Gasteiger partial charge in [-0.05, 0) is 36.4 Å². The molecule has 0 spiro atoms. The highest BCUT2D eigenvalue weighted by atomic mass is 35.5. The standard InChI is InChI=1S/C18H11ClF3N5/c19-14-3-1-2-4-15(14)26-16-13(18(20,21)22)10-24-17(27-16)25-12-7-5-11(9-23)6-8-12/h1-8,10H,(H2,24,25,26,27). The number of aromatic nitrogens is 2. The van der Waals surface area contributed by atoms with Gasteiger partial charge in [0.2, 0.25) is 5.95 Å². The molecule has 3 rings (SSSR count). The predicted octanol–water partition coefficient (Wildman–Crippen LogP) is 5.51. The second-order valence-corrected chi connectivity index (χ2v) is 5.78. The Hall–Kier alpha value is -3.31. The number of hydrogen-bond acceptors (Lipinski definition) is 5. The van der Waals surface area contributed by atoms with Gasteiger partial charge in [0.25, 0.3) is 0 Å². The maximum atomic E-state index is 13.3. The number of hydrogen-bond donors (Lipinski definition) is 2. The van der Waals surface area contributed by atoms with Crippen LogP contribution in [-0.2, 0) is 6.18 Å². The topological polar surface area (TPSA) is 73.6 Å². The smallest absolute Gasteiger partial charge is 0.338 e. The van der Waals surface area contributed by atoms with E-state index < -0.39 is 17.6 Å². The van der Waals surface area contributed by atoms with Gasteiger partial charge in [-0.2, -0.15) is 23.4 Å². The van der Waals surface area contributed by atoms with E-state index in [0.29, 0.717) is 17.4 Å². The summed E-state index contributed by atoms with van der Waals surface area (Å²) in [6.07, 6.45) is -3.95. The van der Waals surface area contributed by atoms with Crippen LogP contribution in [0.3, 0.4) is 0 Å². The van der Waals surface area contributed by atoms with Crippen molar-refractivity contribution >= 4 is 34.7 Å². The summed E-state index contributed by atoms with van der Waals surface area (Å²) < 4.78 is 39.9. The molecule has 1 heterocycles. The Kier molecular flexibility index (Phi) is 5.14. The quantitative estimate of drug-likeness (QED) is 0.615. The minimum Gasteiger partial charge on any atom is -0.338 e. The van der Waals surface area contributed by atoms with Gasteiger partial charge in [-0.15, -0.1) is 0 Å². The molecule has 0 aliphatic rings. The molecule has 0 fully saturated rings. The second-order valence-electron chi connectivity index (χ2n) is 5.37. The summed E-state index contributed by atoms with van der Waals surface area (Å²) in [5.74, 6) is -0.469. The molecular formula is C18H11ClF3N5. The minimum atomic E-state index is -4.64. The van der Waals surface area contributed by atoms with Crippen molar-refractivity contribution in [2.24, 2.45) is 0 Å². The number of para-hydroxylation sites is 1. The highest BCUT2D eigenvalue weighted by Crippen LogP contribution is 2.36. The van der Waals surface area contributed by atoms with Crippen LogP contribution in [0.15, 0.2) is 54.7 Å². The monoisotopic (exact) mass is 389 g/mol. The Labute approximate surface area is 157 Å². The number of halogens is 4. The van der Waals surface area contributed by atoms with Crippen LogP contribution in [-0.4, -0.2) is 9.97 Å². The molecule has 0 amide bonds. The minimum absolute atomic E-state index is 0.0396. The van der Waals surface area contributed by atoms with Crippen molar-refractivity contribution in [3.63, 3.8) is 0 Å². The van der Waals surface area contributed by atoms with Gasteiger partial charge in [-0.25, -0.2) is 4.98 Å². The number of anilines is 4. The summed E-state index contributed by atoms with van der Waals surface area (Å²) in [7, 11) is 0. The average molecular weight is 390 g/mol. The zero-order chi connectivity index (χ0) is 19.4. The van der Waals surface area contributed by atoms with Crippen molar-refractivity contribution in [2.75, 3.05) is 10.6 Å². The van der Waals surface area contributed by atoms with E-state index in [1.807, 2.05) is 6.07 Å². The van der Waals surface area contributed by atoms with Gasteiger partial charge in [0, 0.05) is 11.9 Å². The van der Waals surface area contributed by atoms with Crippen molar-refractivity contribution in [1.82, 2.24) is 9.97 Å². The maximum Gasteiger partial charge on any atom is 0.421 e. The van der Waals surface area contributed by atoms with E-state index in [1.54, 1.807) is 42.5 Å². The molecule has 0 bridgehead atoms. The molecule has 3 aromatic rings. The Bertz CT molecular complexity index is 997. The Morgan fingerprint density at radius 3 is 2.33 bits per heavy atom. The van der Waals surface area contributed by atoms with Gasteiger partial charge in [-0.3, -0.25) is 0 Å². The molecule has 0 saturated heterocycles. The lowest BCUT2D eigenvalue weighted by atomic mass is 10.2. The van der Waals surface area contributed by atoms with Gasteiger partial charge in [0.05, 0.1) is 22.3 Å². The highest BCUT2D eigenvalue weighted by molar-refractivity contribution is 6.33. The van der Waals surface area contributed by atoms with Crippen molar-refractivity contribution in [3.05, 3.63) is 70.9 Å². The average Bonchev–Trinajstić information content (AvgIpc) is 2.63. The van der Waals surface area contributed by atoms with E-state index in [0.717, 1.165) is 0 Å². The molecule has 2 aromatic carbocycles. The van der Waals surface area contributed by atoms with E-state index in [-0.39, 0.29) is 16.7 Å². The second kappa shape index (κ2) is 7.51. The molecule has 1 aromatic heterocycles. The highest BCUT2D eigenvalue weighted by Gasteiger charge is 2.35. The molecule has 27 heavy (non-hydrogen) atoms. The van der Waals surface area contributed by atoms with Crippen molar-refractivity contribution < 1.29 is 13.2 Å². The molecule has 0 aliphatic carbocycles. The summed E-state index contributed by atoms with van der Waals surface area (Å²) in [5.41, 5.74) is 0.243. The Morgan fingerprint density at radius 2 is 1.70 bits per heavy atom. The van der Waals surface area contributed by atoms with E-state index in [4.69, 9.17) is 16.9 Å². The van der Waals surface area contributed by atoms with E-state index in [1.165, 1.54) is 6.07 Å². The predicted molar refractivity (Wildman–Crippen MR) is 96.2 cm³/mol. The Balaban J connectivity index is 1.95. The van der Waals surface area contributed by atoms with Crippen LogP contribution >= 0.6 is 11.6 Å². The number of nitrogens with one attached hydrogen (secondary N) is 2. The number of alkyl halides is 3. The molecule has 0 aliphatic heterocycles. The lowest BCUT2D eigenvalue weighted by Crippen LogP contribution is -2.12. The van der Waals surface area contributed by atoms with E-state index in [9.17, 15) is 13.2 Å². The van der Waals surface area contributed by atoms with Crippen LogP contribution in [0, 0.1) is 11.3 Å². The van der Waals surface area contributed by atoms with Gasteiger partial charge in [-0.1, -0.05) is 23.7 Å². The van der Waals surface area contributed by atoms with Gasteiger partial charge >= 0.3 is 6.18 Å². The largest absolute Gasteiger partial charge is 0.421 e. The van der Waals surface area contributed by atoms with Crippen LogP contribution in [0.5, 0.6) is 0 Å².